The quantitative estimate of drug-likeness (QED) is 0.613. The van der Waals surface area contributed by atoms with Crippen LogP contribution in [0.1, 0.15) is 29.6 Å². The van der Waals surface area contributed by atoms with Crippen LogP contribution in [0.2, 0.25) is 0 Å². The molecule has 92 valence electrons. The van der Waals surface area contributed by atoms with Crippen molar-refractivity contribution in [1.82, 2.24) is 5.32 Å². The lowest BCUT2D eigenvalue weighted by atomic mass is 10.1. The van der Waals surface area contributed by atoms with E-state index in [1.165, 1.54) is 12.8 Å². The molecule has 0 aromatic heterocycles. The van der Waals surface area contributed by atoms with Crippen LogP contribution in [0.3, 0.4) is 0 Å². The normalized spacial score (nSPS) is 19.2. The van der Waals surface area contributed by atoms with Crippen LogP contribution in [0.15, 0.2) is 24.3 Å². The summed E-state index contributed by atoms with van der Waals surface area (Å²) in [6, 6.07) is 7.47. The highest BCUT2D eigenvalue weighted by atomic mass is 16.5. The topological polar surface area (TPSA) is 64.4 Å². The maximum atomic E-state index is 11.7. The maximum absolute atomic E-state index is 11.7. The van der Waals surface area contributed by atoms with Crippen molar-refractivity contribution in [2.45, 2.75) is 25.3 Å². The first kappa shape index (κ1) is 11.9. The molecule has 0 saturated carbocycles. The number of nitrogens with two attached hydrogens (primary N) is 1. The first-order chi connectivity index (χ1) is 8.27. The molecule has 1 aromatic rings. The van der Waals surface area contributed by atoms with Crippen LogP contribution in [0.25, 0.3) is 0 Å². The number of para-hydroxylation sites is 1. The molecule has 0 spiro atoms. The van der Waals surface area contributed by atoms with Gasteiger partial charge >= 0.3 is 5.97 Å². The Kier molecular flexibility index (Phi) is 3.98. The van der Waals surface area contributed by atoms with Crippen LogP contribution >= 0.6 is 0 Å². The van der Waals surface area contributed by atoms with Gasteiger partial charge in [-0.15, -0.1) is 0 Å². The van der Waals surface area contributed by atoms with Gasteiger partial charge < -0.3 is 15.8 Å². The number of anilines is 1. The van der Waals surface area contributed by atoms with Crippen LogP contribution in [-0.2, 0) is 4.74 Å². The number of carbonyl (C=O) groups is 1. The molecule has 1 saturated heterocycles. The minimum atomic E-state index is -0.332. The molecular weight excluding hydrogens is 216 g/mol. The number of hydrogen-bond acceptors (Lipinski definition) is 4. The number of benzene rings is 1. The lowest BCUT2D eigenvalue weighted by Gasteiger charge is -2.10. The van der Waals surface area contributed by atoms with Gasteiger partial charge in [-0.05, 0) is 37.9 Å². The zero-order valence-corrected chi connectivity index (χ0v) is 9.82. The van der Waals surface area contributed by atoms with Crippen molar-refractivity contribution < 1.29 is 9.53 Å². The third kappa shape index (κ3) is 3.20. The number of rotatable bonds is 4. The molecular formula is C13H18N2O2. The maximum Gasteiger partial charge on any atom is 0.340 e. The van der Waals surface area contributed by atoms with E-state index in [0.29, 0.717) is 23.9 Å². The van der Waals surface area contributed by atoms with Gasteiger partial charge in [0.25, 0.3) is 0 Å². The largest absolute Gasteiger partial charge is 0.462 e. The summed E-state index contributed by atoms with van der Waals surface area (Å²) in [5, 5.41) is 3.37. The van der Waals surface area contributed by atoms with Gasteiger partial charge in [-0.2, -0.15) is 0 Å². The molecule has 3 N–H and O–H groups in total. The Hall–Kier alpha value is -1.55. The number of nitrogen functional groups attached to an aromatic ring is 1. The molecule has 1 fully saturated rings. The van der Waals surface area contributed by atoms with E-state index < -0.39 is 0 Å². The van der Waals surface area contributed by atoms with Crippen LogP contribution in [-0.4, -0.2) is 25.2 Å². The van der Waals surface area contributed by atoms with Gasteiger partial charge in [0.05, 0.1) is 12.2 Å². The lowest BCUT2D eigenvalue weighted by molar-refractivity contribution is 0.0493. The number of nitrogens with one attached hydrogen (secondary N) is 1. The Balaban J connectivity index is 1.79. The van der Waals surface area contributed by atoms with Crippen LogP contribution in [0.4, 0.5) is 5.69 Å². The predicted molar refractivity (Wildman–Crippen MR) is 66.8 cm³/mol. The molecule has 4 nitrogen and oxygen atoms in total. The first-order valence-corrected chi connectivity index (χ1v) is 6.02. The summed E-state index contributed by atoms with van der Waals surface area (Å²) in [5.74, 6) is -0.332. The highest BCUT2D eigenvalue weighted by Crippen LogP contribution is 2.13. The highest BCUT2D eigenvalue weighted by molar-refractivity contribution is 5.94. The second kappa shape index (κ2) is 5.68. The Bertz CT molecular complexity index is 387. The second-order valence-electron chi connectivity index (χ2n) is 4.31. The minimum Gasteiger partial charge on any atom is -0.462 e. The van der Waals surface area contributed by atoms with E-state index >= 15 is 0 Å². The fourth-order valence-corrected chi connectivity index (χ4v) is 2.06. The van der Waals surface area contributed by atoms with Gasteiger partial charge in [0.15, 0.2) is 0 Å². The zero-order chi connectivity index (χ0) is 12.1. The van der Waals surface area contributed by atoms with Crippen molar-refractivity contribution in [2.75, 3.05) is 18.9 Å². The molecule has 0 aliphatic carbocycles. The Morgan fingerprint density at radius 1 is 1.47 bits per heavy atom. The van der Waals surface area contributed by atoms with E-state index in [4.69, 9.17) is 10.5 Å². The fraction of sp³-hybridized carbons (Fsp3) is 0.462. The average molecular weight is 234 g/mol. The van der Waals surface area contributed by atoms with Gasteiger partial charge in [0.2, 0.25) is 0 Å². The molecule has 1 atom stereocenters. The number of ether oxygens (including phenoxy) is 1. The molecule has 1 unspecified atom stereocenters. The third-order valence-corrected chi connectivity index (χ3v) is 3.04. The van der Waals surface area contributed by atoms with Gasteiger partial charge in [-0.1, -0.05) is 12.1 Å². The van der Waals surface area contributed by atoms with Crippen molar-refractivity contribution in [3.05, 3.63) is 29.8 Å². The van der Waals surface area contributed by atoms with E-state index in [9.17, 15) is 4.79 Å². The molecule has 1 heterocycles. The van der Waals surface area contributed by atoms with Crippen molar-refractivity contribution in [1.29, 1.82) is 0 Å². The van der Waals surface area contributed by atoms with E-state index in [2.05, 4.69) is 5.32 Å². The molecule has 0 amide bonds. The van der Waals surface area contributed by atoms with Gasteiger partial charge in [-0.25, -0.2) is 4.79 Å². The van der Waals surface area contributed by atoms with E-state index in [-0.39, 0.29) is 5.97 Å². The smallest absolute Gasteiger partial charge is 0.340 e. The van der Waals surface area contributed by atoms with Crippen LogP contribution < -0.4 is 11.1 Å². The lowest BCUT2D eigenvalue weighted by Crippen LogP contribution is -2.23. The summed E-state index contributed by atoms with van der Waals surface area (Å²) >= 11 is 0. The number of hydrogen-bond donors (Lipinski definition) is 2. The summed E-state index contributed by atoms with van der Waals surface area (Å²) in [7, 11) is 0. The molecule has 0 radical (unpaired) electrons. The molecule has 4 heteroatoms. The Morgan fingerprint density at radius 3 is 3.00 bits per heavy atom. The van der Waals surface area contributed by atoms with Crippen LogP contribution in [0.5, 0.6) is 0 Å². The van der Waals surface area contributed by atoms with Gasteiger partial charge in [0, 0.05) is 11.7 Å². The van der Waals surface area contributed by atoms with E-state index in [1.54, 1.807) is 24.3 Å². The van der Waals surface area contributed by atoms with Crippen LogP contribution in [0, 0.1) is 0 Å². The standard InChI is InChI=1S/C13H18N2O2/c14-12-6-2-1-5-11(12)13(16)17-9-7-10-4-3-8-15-10/h1-2,5-6,10,15H,3-4,7-9,14H2. The number of esters is 1. The molecule has 1 aliphatic heterocycles. The summed E-state index contributed by atoms with van der Waals surface area (Å²) < 4.78 is 5.21. The monoisotopic (exact) mass is 234 g/mol. The molecule has 1 aliphatic rings. The van der Waals surface area contributed by atoms with Crippen molar-refractivity contribution in [2.24, 2.45) is 0 Å². The molecule has 1 aromatic carbocycles. The predicted octanol–water partition coefficient (Wildman–Crippen LogP) is 1.57. The Labute approximate surface area is 101 Å². The fourth-order valence-electron chi connectivity index (χ4n) is 2.06. The van der Waals surface area contributed by atoms with Gasteiger partial charge in [0.1, 0.15) is 0 Å². The van der Waals surface area contributed by atoms with Crippen molar-refractivity contribution in [3.8, 4) is 0 Å². The highest BCUT2D eigenvalue weighted by Gasteiger charge is 2.15. The average Bonchev–Trinajstić information content (AvgIpc) is 2.82. The summed E-state index contributed by atoms with van der Waals surface area (Å²) in [6.45, 7) is 1.52. The number of carbonyl (C=O) groups excluding carboxylic acids is 1. The molecule has 17 heavy (non-hydrogen) atoms. The Morgan fingerprint density at radius 2 is 2.29 bits per heavy atom. The SMILES string of the molecule is Nc1ccccc1C(=O)OCCC1CCCN1. The molecule has 2 rings (SSSR count). The van der Waals surface area contributed by atoms with Crippen molar-refractivity contribution >= 4 is 11.7 Å². The summed E-state index contributed by atoms with van der Waals surface area (Å²) in [4.78, 5) is 11.7. The van der Waals surface area contributed by atoms with E-state index in [0.717, 1.165) is 13.0 Å². The molecule has 0 bridgehead atoms. The van der Waals surface area contributed by atoms with E-state index in [1.807, 2.05) is 0 Å². The van der Waals surface area contributed by atoms with Crippen molar-refractivity contribution in [3.63, 3.8) is 0 Å². The zero-order valence-electron chi connectivity index (χ0n) is 9.82. The summed E-state index contributed by atoms with van der Waals surface area (Å²) in [6.07, 6.45) is 3.26. The van der Waals surface area contributed by atoms with Gasteiger partial charge in [-0.3, -0.25) is 0 Å². The first-order valence-electron chi connectivity index (χ1n) is 6.02. The minimum absolute atomic E-state index is 0.332. The summed E-state index contributed by atoms with van der Waals surface area (Å²) in [5.41, 5.74) is 6.62. The third-order valence-electron chi connectivity index (χ3n) is 3.04. The second-order valence-corrected chi connectivity index (χ2v) is 4.31.